The number of alkyl halides is 3. The molecule has 2 amide bonds. The van der Waals surface area contributed by atoms with Crippen LogP contribution in [0.25, 0.3) is 0 Å². The summed E-state index contributed by atoms with van der Waals surface area (Å²) in [5.74, 6) is 0. The standard InChI is InChI=1S/C8H16F3N3O/c1-6(2)14(4-3-12)7(15)13-5-8(9,10)11/h6H,3-5,12H2,1-2H3,(H,13,15). The van der Waals surface area contributed by atoms with Gasteiger partial charge in [-0.25, -0.2) is 4.79 Å². The van der Waals surface area contributed by atoms with Crippen LogP contribution < -0.4 is 11.1 Å². The molecular formula is C8H16F3N3O. The molecule has 0 saturated heterocycles. The molecule has 0 aliphatic carbocycles. The molecule has 0 aromatic rings. The Kier molecular flexibility index (Phi) is 5.41. The summed E-state index contributed by atoms with van der Waals surface area (Å²) in [6.07, 6.45) is -4.39. The largest absolute Gasteiger partial charge is 0.405 e. The van der Waals surface area contributed by atoms with Crippen LogP contribution in [0.5, 0.6) is 0 Å². The van der Waals surface area contributed by atoms with Gasteiger partial charge in [-0.2, -0.15) is 13.2 Å². The Balaban J connectivity index is 4.15. The SMILES string of the molecule is CC(C)N(CCN)C(=O)NCC(F)(F)F. The van der Waals surface area contributed by atoms with E-state index in [4.69, 9.17) is 5.73 Å². The van der Waals surface area contributed by atoms with Crippen molar-refractivity contribution in [3.8, 4) is 0 Å². The van der Waals surface area contributed by atoms with Gasteiger partial charge >= 0.3 is 12.2 Å². The molecular weight excluding hydrogens is 211 g/mol. The van der Waals surface area contributed by atoms with Crippen LogP contribution in [0.3, 0.4) is 0 Å². The van der Waals surface area contributed by atoms with Gasteiger partial charge in [0.15, 0.2) is 0 Å². The maximum Gasteiger partial charge on any atom is 0.405 e. The number of nitrogens with one attached hydrogen (secondary N) is 1. The number of amides is 2. The molecule has 4 nitrogen and oxygen atoms in total. The van der Waals surface area contributed by atoms with Crippen molar-refractivity contribution in [2.45, 2.75) is 26.1 Å². The summed E-state index contributed by atoms with van der Waals surface area (Å²) >= 11 is 0. The highest BCUT2D eigenvalue weighted by molar-refractivity contribution is 5.74. The molecule has 0 spiro atoms. The first-order valence-electron chi connectivity index (χ1n) is 4.59. The van der Waals surface area contributed by atoms with E-state index in [1.165, 1.54) is 4.90 Å². The minimum Gasteiger partial charge on any atom is -0.329 e. The van der Waals surface area contributed by atoms with Crippen molar-refractivity contribution in [3.05, 3.63) is 0 Å². The fourth-order valence-corrected chi connectivity index (χ4v) is 1.01. The van der Waals surface area contributed by atoms with E-state index in [1.54, 1.807) is 19.2 Å². The Morgan fingerprint density at radius 2 is 2.00 bits per heavy atom. The van der Waals surface area contributed by atoms with Crippen molar-refractivity contribution in [2.75, 3.05) is 19.6 Å². The third-order valence-corrected chi connectivity index (χ3v) is 1.69. The maximum atomic E-state index is 11.8. The summed E-state index contributed by atoms with van der Waals surface area (Å²) in [6, 6.07) is -0.922. The molecule has 0 heterocycles. The first-order valence-corrected chi connectivity index (χ1v) is 4.59. The molecule has 90 valence electrons. The number of nitrogens with two attached hydrogens (primary N) is 1. The average molecular weight is 227 g/mol. The first-order chi connectivity index (χ1) is 6.78. The number of carbonyl (C=O) groups excluding carboxylic acids is 1. The van der Waals surface area contributed by atoms with E-state index < -0.39 is 18.8 Å². The second-order valence-corrected chi connectivity index (χ2v) is 3.35. The van der Waals surface area contributed by atoms with Crippen LogP contribution in [-0.2, 0) is 0 Å². The van der Waals surface area contributed by atoms with E-state index in [-0.39, 0.29) is 19.1 Å². The van der Waals surface area contributed by atoms with E-state index in [9.17, 15) is 18.0 Å². The lowest BCUT2D eigenvalue weighted by Crippen LogP contribution is -2.48. The van der Waals surface area contributed by atoms with Gasteiger partial charge in [0.1, 0.15) is 6.54 Å². The number of rotatable bonds is 4. The normalized spacial score (nSPS) is 11.7. The summed E-state index contributed by atoms with van der Waals surface area (Å²) < 4.78 is 35.4. The second-order valence-electron chi connectivity index (χ2n) is 3.35. The van der Waals surface area contributed by atoms with E-state index >= 15 is 0 Å². The zero-order chi connectivity index (χ0) is 12.1. The highest BCUT2D eigenvalue weighted by atomic mass is 19.4. The summed E-state index contributed by atoms with van der Waals surface area (Å²) in [5, 5.41) is 1.80. The Morgan fingerprint density at radius 1 is 1.47 bits per heavy atom. The molecule has 15 heavy (non-hydrogen) atoms. The first kappa shape index (κ1) is 14.0. The van der Waals surface area contributed by atoms with Gasteiger partial charge in [0.05, 0.1) is 0 Å². The predicted octanol–water partition coefficient (Wildman–Crippen LogP) is 0.927. The van der Waals surface area contributed by atoms with Crippen LogP contribution in [-0.4, -0.2) is 42.8 Å². The predicted molar refractivity (Wildman–Crippen MR) is 50.4 cm³/mol. The summed E-state index contributed by atoms with van der Waals surface area (Å²) in [7, 11) is 0. The molecule has 0 aliphatic heterocycles. The van der Waals surface area contributed by atoms with Crippen LogP contribution in [0.4, 0.5) is 18.0 Å². The van der Waals surface area contributed by atoms with Gasteiger partial charge in [-0.1, -0.05) is 0 Å². The van der Waals surface area contributed by atoms with Gasteiger partial charge < -0.3 is 16.0 Å². The number of carbonyl (C=O) groups is 1. The van der Waals surface area contributed by atoms with Crippen molar-refractivity contribution < 1.29 is 18.0 Å². The Morgan fingerprint density at radius 3 is 2.33 bits per heavy atom. The fraction of sp³-hybridized carbons (Fsp3) is 0.875. The van der Waals surface area contributed by atoms with Gasteiger partial charge in [0.25, 0.3) is 0 Å². The number of hydrogen-bond donors (Lipinski definition) is 2. The zero-order valence-electron chi connectivity index (χ0n) is 8.77. The molecule has 0 aromatic carbocycles. The molecule has 0 bridgehead atoms. The molecule has 0 rings (SSSR count). The smallest absolute Gasteiger partial charge is 0.329 e. The fourth-order valence-electron chi connectivity index (χ4n) is 1.01. The van der Waals surface area contributed by atoms with Crippen molar-refractivity contribution in [1.29, 1.82) is 0 Å². The van der Waals surface area contributed by atoms with E-state index in [0.29, 0.717) is 0 Å². The maximum absolute atomic E-state index is 11.8. The Bertz CT molecular complexity index is 206. The van der Waals surface area contributed by atoms with Gasteiger partial charge in [-0.3, -0.25) is 0 Å². The quantitative estimate of drug-likeness (QED) is 0.750. The molecule has 0 saturated carbocycles. The number of halogens is 3. The summed E-state index contributed by atoms with van der Waals surface area (Å²) in [4.78, 5) is 12.5. The van der Waals surface area contributed by atoms with Crippen molar-refractivity contribution in [1.82, 2.24) is 10.2 Å². The summed E-state index contributed by atoms with van der Waals surface area (Å²) in [5.41, 5.74) is 5.24. The number of nitrogens with zero attached hydrogens (tertiary/aromatic N) is 1. The highest BCUT2D eigenvalue weighted by Gasteiger charge is 2.29. The topological polar surface area (TPSA) is 58.4 Å². The van der Waals surface area contributed by atoms with E-state index in [0.717, 1.165) is 0 Å². The lowest BCUT2D eigenvalue weighted by molar-refractivity contribution is -0.123. The van der Waals surface area contributed by atoms with Gasteiger partial charge in [0.2, 0.25) is 0 Å². The monoisotopic (exact) mass is 227 g/mol. The minimum atomic E-state index is -4.39. The van der Waals surface area contributed by atoms with Crippen molar-refractivity contribution in [2.24, 2.45) is 5.73 Å². The zero-order valence-corrected chi connectivity index (χ0v) is 8.77. The summed E-state index contributed by atoms with van der Waals surface area (Å²) in [6.45, 7) is 2.56. The van der Waals surface area contributed by atoms with Gasteiger partial charge in [-0.05, 0) is 13.8 Å². The average Bonchev–Trinajstić information content (AvgIpc) is 2.08. The van der Waals surface area contributed by atoms with E-state index in [1.807, 2.05) is 0 Å². The molecule has 3 N–H and O–H groups in total. The third kappa shape index (κ3) is 6.16. The lowest BCUT2D eigenvalue weighted by atomic mass is 10.3. The Hall–Kier alpha value is -0.980. The molecule has 0 fully saturated rings. The van der Waals surface area contributed by atoms with Crippen LogP contribution in [0.1, 0.15) is 13.8 Å². The second kappa shape index (κ2) is 5.79. The van der Waals surface area contributed by atoms with Gasteiger partial charge in [-0.15, -0.1) is 0 Å². The lowest BCUT2D eigenvalue weighted by Gasteiger charge is -2.26. The van der Waals surface area contributed by atoms with Crippen molar-refractivity contribution in [3.63, 3.8) is 0 Å². The van der Waals surface area contributed by atoms with E-state index in [2.05, 4.69) is 0 Å². The van der Waals surface area contributed by atoms with Crippen LogP contribution in [0, 0.1) is 0 Å². The highest BCUT2D eigenvalue weighted by Crippen LogP contribution is 2.12. The van der Waals surface area contributed by atoms with Crippen molar-refractivity contribution >= 4 is 6.03 Å². The molecule has 0 radical (unpaired) electrons. The van der Waals surface area contributed by atoms with Gasteiger partial charge in [0, 0.05) is 19.1 Å². The molecule has 0 atom stereocenters. The molecule has 7 heteroatoms. The molecule has 0 aliphatic rings. The number of urea groups is 1. The minimum absolute atomic E-state index is 0.179. The van der Waals surface area contributed by atoms with Crippen LogP contribution in [0.2, 0.25) is 0 Å². The van der Waals surface area contributed by atoms with Crippen LogP contribution in [0.15, 0.2) is 0 Å². The molecule has 0 unspecified atom stereocenters. The number of hydrogen-bond acceptors (Lipinski definition) is 2. The third-order valence-electron chi connectivity index (χ3n) is 1.69. The van der Waals surface area contributed by atoms with Crippen LogP contribution >= 0.6 is 0 Å². The molecule has 0 aromatic heterocycles. The Labute approximate surface area is 86.6 Å².